The van der Waals surface area contributed by atoms with Gasteiger partial charge in [-0.2, -0.15) is 0 Å². The topological polar surface area (TPSA) is 61.7 Å². The second kappa shape index (κ2) is 5.53. The van der Waals surface area contributed by atoms with E-state index in [-0.39, 0.29) is 17.4 Å². The zero-order valence-electron chi connectivity index (χ0n) is 11.4. The van der Waals surface area contributed by atoms with Crippen LogP contribution in [0.2, 0.25) is 0 Å². The van der Waals surface area contributed by atoms with Gasteiger partial charge in [0.15, 0.2) is 17.3 Å². The molecule has 21 heavy (non-hydrogen) atoms. The summed E-state index contributed by atoms with van der Waals surface area (Å²) in [5, 5.41) is 14.2. The van der Waals surface area contributed by atoms with Crippen molar-refractivity contribution < 1.29 is 13.7 Å². The summed E-state index contributed by atoms with van der Waals surface area (Å²) < 4.78 is 27.3. The fourth-order valence-corrected chi connectivity index (χ4v) is 2.89. The molecule has 1 aromatic rings. The molecule has 1 N–H and O–H groups in total. The first-order valence-electron chi connectivity index (χ1n) is 6.90. The molecule has 2 aliphatic heterocycles. The maximum absolute atomic E-state index is 13.9. The fraction of sp³-hybridized carbons (Fsp3) is 0.538. The summed E-state index contributed by atoms with van der Waals surface area (Å²) in [6.07, 6.45) is 0. The highest BCUT2D eigenvalue weighted by Crippen LogP contribution is 2.36. The molecule has 0 amide bonds. The van der Waals surface area contributed by atoms with Crippen molar-refractivity contribution in [2.75, 3.05) is 44.2 Å². The summed E-state index contributed by atoms with van der Waals surface area (Å²) in [5.41, 5.74) is -0.612. The zero-order chi connectivity index (χ0) is 15.0. The summed E-state index contributed by atoms with van der Waals surface area (Å²) in [7, 11) is 0. The maximum Gasteiger partial charge on any atom is 0.295 e. The van der Waals surface area contributed by atoms with Crippen LogP contribution < -0.4 is 10.2 Å². The number of hydrogen-bond acceptors (Lipinski definition) is 5. The van der Waals surface area contributed by atoms with Gasteiger partial charge in [-0.25, -0.2) is 8.78 Å². The predicted octanol–water partition coefficient (Wildman–Crippen LogP) is 0.967. The first-order valence-corrected chi connectivity index (χ1v) is 6.90. The van der Waals surface area contributed by atoms with Crippen molar-refractivity contribution >= 4 is 11.4 Å². The zero-order valence-corrected chi connectivity index (χ0v) is 11.4. The molecular weight excluding hydrogens is 282 g/mol. The first kappa shape index (κ1) is 14.2. The smallest absolute Gasteiger partial charge is 0.295 e. The van der Waals surface area contributed by atoms with Gasteiger partial charge >= 0.3 is 0 Å². The Bertz CT molecular complexity index is 557. The van der Waals surface area contributed by atoms with Gasteiger partial charge in [-0.1, -0.05) is 0 Å². The Labute approximate surface area is 120 Å². The molecule has 2 heterocycles. The van der Waals surface area contributed by atoms with Crippen LogP contribution in [0.5, 0.6) is 0 Å². The molecule has 8 heteroatoms. The summed E-state index contributed by atoms with van der Waals surface area (Å²) in [6.45, 7) is 4.61. The Morgan fingerprint density at radius 2 is 1.90 bits per heavy atom. The Kier molecular flexibility index (Phi) is 3.73. The molecule has 0 aliphatic carbocycles. The van der Waals surface area contributed by atoms with Crippen LogP contribution in [-0.2, 0) is 0 Å². The fourth-order valence-electron chi connectivity index (χ4n) is 2.89. The predicted molar refractivity (Wildman–Crippen MR) is 73.5 cm³/mol. The van der Waals surface area contributed by atoms with Crippen LogP contribution in [0.15, 0.2) is 12.1 Å². The van der Waals surface area contributed by atoms with Crippen molar-refractivity contribution in [3.8, 4) is 0 Å². The molecule has 0 unspecified atom stereocenters. The van der Waals surface area contributed by atoms with E-state index in [1.54, 1.807) is 4.90 Å². The lowest BCUT2D eigenvalue weighted by Crippen LogP contribution is -2.63. The van der Waals surface area contributed by atoms with Crippen molar-refractivity contribution in [1.82, 2.24) is 10.2 Å². The number of nitro benzene ring substituents is 1. The molecular formula is C13H16F2N4O2. The molecule has 0 saturated carbocycles. The summed E-state index contributed by atoms with van der Waals surface area (Å²) in [4.78, 5) is 14.1. The van der Waals surface area contributed by atoms with Gasteiger partial charge in [-0.15, -0.1) is 0 Å². The van der Waals surface area contributed by atoms with Gasteiger partial charge in [0.25, 0.3) is 5.69 Å². The molecule has 1 aromatic carbocycles. The minimum atomic E-state index is -1.14. The van der Waals surface area contributed by atoms with Gasteiger partial charge in [0.1, 0.15) is 0 Å². The molecule has 0 spiro atoms. The quantitative estimate of drug-likeness (QED) is 0.665. The molecule has 0 radical (unpaired) electrons. The number of benzene rings is 1. The van der Waals surface area contributed by atoms with Crippen molar-refractivity contribution in [3.05, 3.63) is 33.9 Å². The third-order valence-corrected chi connectivity index (χ3v) is 4.09. The Hall–Kier alpha value is -1.80. The second-order valence-electron chi connectivity index (χ2n) is 5.33. The number of hydrogen-bond donors (Lipinski definition) is 1. The maximum atomic E-state index is 13.9. The van der Waals surface area contributed by atoms with Crippen LogP contribution in [0.3, 0.4) is 0 Å². The normalized spacial score (nSPS) is 20.4. The standard InChI is InChI=1S/C13H16F2N4O2/c14-10-1-2-11(19(20)21)13(12(10)15)18-7-9(8-18)17-5-3-16-4-6-17/h1-2,9,16H,3-8H2. The van der Waals surface area contributed by atoms with E-state index < -0.39 is 16.6 Å². The Morgan fingerprint density at radius 3 is 2.52 bits per heavy atom. The Balaban J connectivity index is 1.77. The highest BCUT2D eigenvalue weighted by atomic mass is 19.2. The van der Waals surface area contributed by atoms with E-state index in [1.807, 2.05) is 0 Å². The van der Waals surface area contributed by atoms with E-state index in [2.05, 4.69) is 10.2 Å². The molecule has 2 saturated heterocycles. The van der Waals surface area contributed by atoms with Gasteiger partial charge in [0.2, 0.25) is 0 Å². The highest BCUT2D eigenvalue weighted by Gasteiger charge is 2.37. The average Bonchev–Trinajstić information content (AvgIpc) is 2.43. The summed E-state index contributed by atoms with van der Waals surface area (Å²) in [5.74, 6) is -2.19. The molecule has 0 atom stereocenters. The van der Waals surface area contributed by atoms with Gasteiger partial charge in [0.05, 0.1) is 4.92 Å². The van der Waals surface area contributed by atoms with Crippen molar-refractivity contribution in [2.24, 2.45) is 0 Å². The SMILES string of the molecule is O=[N+]([O-])c1ccc(F)c(F)c1N1CC(N2CCNCC2)C1. The molecule has 3 rings (SSSR count). The second-order valence-corrected chi connectivity index (χ2v) is 5.33. The van der Waals surface area contributed by atoms with Crippen LogP contribution in [0.25, 0.3) is 0 Å². The molecule has 0 bridgehead atoms. The third kappa shape index (κ3) is 2.56. The monoisotopic (exact) mass is 298 g/mol. The minimum Gasteiger partial charge on any atom is -0.360 e. The van der Waals surface area contributed by atoms with Crippen molar-refractivity contribution in [3.63, 3.8) is 0 Å². The van der Waals surface area contributed by atoms with Crippen LogP contribution in [0, 0.1) is 21.7 Å². The van der Waals surface area contributed by atoms with Gasteiger partial charge in [-0.05, 0) is 6.07 Å². The molecule has 2 fully saturated rings. The molecule has 2 aliphatic rings. The molecule has 6 nitrogen and oxygen atoms in total. The van der Waals surface area contributed by atoms with E-state index in [9.17, 15) is 18.9 Å². The van der Waals surface area contributed by atoms with Crippen molar-refractivity contribution in [1.29, 1.82) is 0 Å². The van der Waals surface area contributed by atoms with Gasteiger partial charge in [0, 0.05) is 51.4 Å². The van der Waals surface area contributed by atoms with E-state index >= 15 is 0 Å². The third-order valence-electron chi connectivity index (χ3n) is 4.09. The van der Waals surface area contributed by atoms with Crippen LogP contribution in [0.1, 0.15) is 0 Å². The van der Waals surface area contributed by atoms with E-state index in [1.165, 1.54) is 0 Å². The molecule has 0 aromatic heterocycles. The number of nitrogens with zero attached hydrogens (tertiary/aromatic N) is 3. The number of anilines is 1. The highest BCUT2D eigenvalue weighted by molar-refractivity contribution is 5.66. The largest absolute Gasteiger partial charge is 0.360 e. The first-order chi connectivity index (χ1) is 10.1. The van der Waals surface area contributed by atoms with Crippen LogP contribution in [0.4, 0.5) is 20.2 Å². The number of halogens is 2. The summed E-state index contributed by atoms with van der Waals surface area (Å²) >= 11 is 0. The van der Waals surface area contributed by atoms with Gasteiger partial charge in [-0.3, -0.25) is 15.0 Å². The summed E-state index contributed by atoms with van der Waals surface area (Å²) in [6, 6.07) is 2.06. The van der Waals surface area contributed by atoms with Crippen LogP contribution in [-0.4, -0.2) is 55.1 Å². The van der Waals surface area contributed by atoms with E-state index in [4.69, 9.17) is 0 Å². The lowest BCUT2D eigenvalue weighted by atomic mass is 10.0. The lowest BCUT2D eigenvalue weighted by molar-refractivity contribution is -0.384. The van der Waals surface area contributed by atoms with Crippen LogP contribution >= 0.6 is 0 Å². The molecule has 114 valence electrons. The lowest BCUT2D eigenvalue weighted by Gasteiger charge is -2.47. The number of piperazine rings is 1. The average molecular weight is 298 g/mol. The van der Waals surface area contributed by atoms with Crippen molar-refractivity contribution in [2.45, 2.75) is 6.04 Å². The van der Waals surface area contributed by atoms with Gasteiger partial charge < -0.3 is 10.2 Å². The minimum absolute atomic E-state index is 0.230. The van der Waals surface area contributed by atoms with E-state index in [0.29, 0.717) is 13.1 Å². The number of nitrogens with one attached hydrogen (secondary N) is 1. The Morgan fingerprint density at radius 1 is 1.24 bits per heavy atom. The number of rotatable bonds is 3. The van der Waals surface area contributed by atoms with E-state index in [0.717, 1.165) is 38.3 Å². The number of nitro groups is 1.